The zero-order chi connectivity index (χ0) is 57.8. The van der Waals surface area contributed by atoms with E-state index in [1.165, 1.54) is 270 Å². The van der Waals surface area contributed by atoms with E-state index in [4.69, 9.17) is 14.2 Å². The molecule has 80 heavy (non-hydrogen) atoms. The number of allylic oxidation sites excluding steroid dienone is 8. The van der Waals surface area contributed by atoms with Gasteiger partial charge in [-0.1, -0.05) is 333 Å². The zero-order valence-corrected chi connectivity index (χ0v) is 53.9. The number of carbonyl (C=O) groups excluding carboxylic acids is 3. The normalized spacial score (nSPS) is 12.3. The molecule has 0 bridgehead atoms. The number of ether oxygens (including phenoxy) is 3. The van der Waals surface area contributed by atoms with E-state index in [0.29, 0.717) is 19.3 Å². The second-order valence-electron chi connectivity index (χ2n) is 24.1. The van der Waals surface area contributed by atoms with Crippen LogP contribution in [0.4, 0.5) is 0 Å². The van der Waals surface area contributed by atoms with Gasteiger partial charge in [0.1, 0.15) is 13.2 Å². The average molecular weight is 1120 g/mol. The molecule has 0 saturated heterocycles. The minimum atomic E-state index is -0.777. The van der Waals surface area contributed by atoms with E-state index in [9.17, 15) is 14.4 Å². The number of hydrogen-bond donors (Lipinski definition) is 0. The molecule has 1 atom stereocenters. The van der Waals surface area contributed by atoms with Crippen molar-refractivity contribution in [1.29, 1.82) is 0 Å². The van der Waals surface area contributed by atoms with Gasteiger partial charge in [0.15, 0.2) is 6.10 Å². The molecule has 0 spiro atoms. The summed E-state index contributed by atoms with van der Waals surface area (Å²) < 4.78 is 17.0. The second kappa shape index (κ2) is 68.9. The number of carbonyl (C=O) groups is 3. The van der Waals surface area contributed by atoms with Crippen LogP contribution in [-0.2, 0) is 28.6 Å². The van der Waals surface area contributed by atoms with Gasteiger partial charge in [0.05, 0.1) is 0 Å². The quantitative estimate of drug-likeness (QED) is 0.0261. The number of hydrogen-bond acceptors (Lipinski definition) is 6. The van der Waals surface area contributed by atoms with Gasteiger partial charge in [-0.05, 0) is 83.5 Å². The maximum absolute atomic E-state index is 13.0. The molecule has 0 aromatic heterocycles. The molecule has 1 unspecified atom stereocenters. The summed E-state index contributed by atoms with van der Waals surface area (Å²) in [5.41, 5.74) is 0. The molecule has 0 amide bonds. The van der Waals surface area contributed by atoms with E-state index >= 15 is 0 Å². The fourth-order valence-corrected chi connectivity index (χ4v) is 10.7. The van der Waals surface area contributed by atoms with Gasteiger partial charge in [-0.15, -0.1) is 0 Å². The molecule has 0 aliphatic rings. The fraction of sp³-hybridized carbons (Fsp3) is 0.851. The summed E-state index contributed by atoms with van der Waals surface area (Å²) in [6.07, 6.45) is 87.0. The van der Waals surface area contributed by atoms with E-state index in [0.717, 1.165) is 77.0 Å². The fourth-order valence-electron chi connectivity index (χ4n) is 10.7. The lowest BCUT2D eigenvalue weighted by Gasteiger charge is -2.18. The third-order valence-electron chi connectivity index (χ3n) is 16.1. The summed E-state index contributed by atoms with van der Waals surface area (Å²) >= 11 is 0. The van der Waals surface area contributed by atoms with E-state index < -0.39 is 6.10 Å². The van der Waals surface area contributed by atoms with Gasteiger partial charge in [-0.3, -0.25) is 14.4 Å². The zero-order valence-electron chi connectivity index (χ0n) is 53.9. The van der Waals surface area contributed by atoms with Gasteiger partial charge in [-0.25, -0.2) is 0 Å². The largest absolute Gasteiger partial charge is 0.462 e. The Balaban J connectivity index is 4.34. The van der Waals surface area contributed by atoms with Crippen LogP contribution in [0, 0.1) is 0 Å². The van der Waals surface area contributed by atoms with Crippen LogP contribution in [0.1, 0.15) is 387 Å². The molecule has 0 heterocycles. The predicted octanol–water partition coefficient (Wildman–Crippen LogP) is 24.5. The minimum Gasteiger partial charge on any atom is -0.462 e. The Bertz CT molecular complexity index is 1380. The highest BCUT2D eigenvalue weighted by molar-refractivity contribution is 5.71. The van der Waals surface area contributed by atoms with Crippen molar-refractivity contribution in [2.45, 2.75) is 393 Å². The summed E-state index contributed by atoms with van der Waals surface area (Å²) in [6.45, 7) is 6.69. The molecule has 0 N–H and O–H groups in total. The topological polar surface area (TPSA) is 78.9 Å². The summed E-state index contributed by atoms with van der Waals surface area (Å²) in [4.78, 5) is 38.5. The molecule has 0 radical (unpaired) electrons. The first-order valence-corrected chi connectivity index (χ1v) is 35.6. The molecule has 0 saturated carbocycles. The predicted molar refractivity (Wildman–Crippen MR) is 349 cm³/mol. The van der Waals surface area contributed by atoms with Crippen molar-refractivity contribution >= 4 is 17.9 Å². The van der Waals surface area contributed by atoms with Gasteiger partial charge in [0.2, 0.25) is 0 Å². The lowest BCUT2D eigenvalue weighted by Crippen LogP contribution is -2.30. The average Bonchev–Trinajstić information content (AvgIpc) is 3.46. The maximum Gasteiger partial charge on any atom is 0.306 e. The van der Waals surface area contributed by atoms with E-state index in [2.05, 4.69) is 69.4 Å². The van der Waals surface area contributed by atoms with Crippen molar-refractivity contribution in [2.75, 3.05) is 13.2 Å². The van der Waals surface area contributed by atoms with Gasteiger partial charge in [-0.2, -0.15) is 0 Å². The molecular weight excluding hydrogens is 985 g/mol. The molecule has 0 rings (SSSR count). The van der Waals surface area contributed by atoms with Gasteiger partial charge in [0, 0.05) is 19.3 Å². The molecule has 0 aromatic carbocycles. The molecule has 468 valence electrons. The highest BCUT2D eigenvalue weighted by atomic mass is 16.6. The van der Waals surface area contributed by atoms with Crippen molar-refractivity contribution in [3.8, 4) is 0 Å². The molecule has 0 aromatic rings. The summed E-state index contributed by atoms with van der Waals surface area (Å²) in [5.74, 6) is -0.853. The third kappa shape index (κ3) is 66.2. The Morgan fingerprint density at radius 2 is 0.450 bits per heavy atom. The highest BCUT2D eigenvalue weighted by Crippen LogP contribution is 2.18. The summed E-state index contributed by atoms with van der Waals surface area (Å²) in [5, 5.41) is 0. The smallest absolute Gasteiger partial charge is 0.306 e. The Morgan fingerprint density at radius 3 is 0.713 bits per heavy atom. The van der Waals surface area contributed by atoms with Crippen molar-refractivity contribution < 1.29 is 28.6 Å². The van der Waals surface area contributed by atoms with Crippen molar-refractivity contribution in [3.05, 3.63) is 48.6 Å². The lowest BCUT2D eigenvalue weighted by molar-refractivity contribution is -0.167. The van der Waals surface area contributed by atoms with E-state index in [1.54, 1.807) is 0 Å². The van der Waals surface area contributed by atoms with Crippen LogP contribution in [0.2, 0.25) is 0 Å². The molecule has 0 fully saturated rings. The monoisotopic (exact) mass is 1120 g/mol. The Kier molecular flexibility index (Phi) is 66.6. The molecular formula is C74H136O6. The van der Waals surface area contributed by atoms with Gasteiger partial charge < -0.3 is 14.2 Å². The highest BCUT2D eigenvalue weighted by Gasteiger charge is 2.19. The Morgan fingerprint density at radius 1 is 0.250 bits per heavy atom. The number of unbranched alkanes of at least 4 members (excludes halogenated alkanes) is 47. The molecule has 6 nitrogen and oxygen atoms in total. The van der Waals surface area contributed by atoms with Crippen molar-refractivity contribution in [2.24, 2.45) is 0 Å². The van der Waals surface area contributed by atoms with Crippen molar-refractivity contribution in [3.63, 3.8) is 0 Å². The lowest BCUT2D eigenvalue weighted by atomic mass is 10.0. The standard InChI is InChI=1S/C74H136O6/c1-4-7-10-13-16-19-22-25-28-31-34-36-37-38-41-43-46-49-52-55-58-61-64-67-73(76)79-70-71(69-78-72(75)66-63-60-57-54-51-48-45-42-39-33-30-27-24-21-18-15-12-9-6-3)80-74(77)68-65-62-59-56-53-50-47-44-40-35-32-29-26-23-20-17-14-11-8-5-2/h22,25,27,30-31,34,37-38,71H,4-21,23-24,26,28-29,32-33,35-36,39-70H2,1-3H3/b25-22-,30-27-,34-31-,38-37-. The second-order valence-corrected chi connectivity index (χ2v) is 24.1. The maximum atomic E-state index is 13.0. The number of esters is 3. The Hall–Kier alpha value is -2.63. The van der Waals surface area contributed by atoms with Crippen LogP contribution in [0.5, 0.6) is 0 Å². The van der Waals surface area contributed by atoms with E-state index in [1.807, 2.05) is 0 Å². The summed E-state index contributed by atoms with van der Waals surface area (Å²) in [7, 11) is 0. The van der Waals surface area contributed by atoms with Crippen molar-refractivity contribution in [1.82, 2.24) is 0 Å². The summed E-state index contributed by atoms with van der Waals surface area (Å²) in [6, 6.07) is 0. The first-order chi connectivity index (χ1) is 39.5. The van der Waals surface area contributed by atoms with E-state index in [-0.39, 0.29) is 31.1 Å². The van der Waals surface area contributed by atoms with Gasteiger partial charge >= 0.3 is 17.9 Å². The first kappa shape index (κ1) is 77.4. The van der Waals surface area contributed by atoms with Crippen LogP contribution in [-0.4, -0.2) is 37.2 Å². The van der Waals surface area contributed by atoms with Crippen LogP contribution >= 0.6 is 0 Å². The van der Waals surface area contributed by atoms with Crippen LogP contribution < -0.4 is 0 Å². The number of rotatable bonds is 66. The minimum absolute atomic E-state index is 0.0723. The van der Waals surface area contributed by atoms with Gasteiger partial charge in [0.25, 0.3) is 0 Å². The molecule has 0 aliphatic heterocycles. The first-order valence-electron chi connectivity index (χ1n) is 35.6. The third-order valence-corrected chi connectivity index (χ3v) is 16.1. The Labute approximate surface area is 498 Å². The molecule has 0 aliphatic carbocycles. The molecule has 6 heteroatoms. The SMILES string of the molecule is CCCCCCC/C=C\C/C=C\C/C=C\CCCCCCCCCCC(=O)OCC(COC(=O)CCCCCCCCCCC/C=C\CCCCCCCC)OC(=O)CCCCCCCCCCCCCCCCCCCCCC. The van der Waals surface area contributed by atoms with Crippen LogP contribution in [0.25, 0.3) is 0 Å². The van der Waals surface area contributed by atoms with Crippen LogP contribution in [0.3, 0.4) is 0 Å². The van der Waals surface area contributed by atoms with Crippen LogP contribution in [0.15, 0.2) is 48.6 Å².